The van der Waals surface area contributed by atoms with Gasteiger partial charge in [0.1, 0.15) is 11.6 Å². The van der Waals surface area contributed by atoms with Gasteiger partial charge in [0.05, 0.1) is 21.2 Å². The van der Waals surface area contributed by atoms with Crippen LogP contribution in [0.15, 0.2) is 70.9 Å². The molecule has 0 bridgehead atoms. The number of hydrogen-bond acceptors (Lipinski definition) is 6. The number of aromatic nitrogens is 4. The summed E-state index contributed by atoms with van der Waals surface area (Å²) in [7, 11) is 0. The minimum absolute atomic E-state index is 0.238. The van der Waals surface area contributed by atoms with E-state index >= 15 is 0 Å². The SMILES string of the molecule is Cc1ccnc(-n2c(SC(C)C(=O)Nc3ccc(Cl)cn3)nc3ccccc3c2=O)c1. The van der Waals surface area contributed by atoms with Crippen LogP contribution in [0.4, 0.5) is 5.82 Å². The summed E-state index contributed by atoms with van der Waals surface area (Å²) in [5.41, 5.74) is 1.28. The predicted molar refractivity (Wildman–Crippen MR) is 123 cm³/mol. The number of carbonyl (C=O) groups is 1. The third-order valence-electron chi connectivity index (χ3n) is 4.51. The number of nitrogens with one attached hydrogen (secondary N) is 1. The van der Waals surface area contributed by atoms with Gasteiger partial charge in [-0.1, -0.05) is 35.5 Å². The molecule has 1 aromatic carbocycles. The van der Waals surface area contributed by atoms with Crippen molar-refractivity contribution >= 4 is 46.0 Å². The average Bonchev–Trinajstić information content (AvgIpc) is 2.75. The van der Waals surface area contributed by atoms with E-state index in [0.29, 0.717) is 32.7 Å². The monoisotopic (exact) mass is 451 g/mol. The highest BCUT2D eigenvalue weighted by Gasteiger charge is 2.21. The smallest absolute Gasteiger partial charge is 0.267 e. The maximum Gasteiger partial charge on any atom is 0.267 e. The van der Waals surface area contributed by atoms with E-state index in [9.17, 15) is 9.59 Å². The molecule has 7 nitrogen and oxygen atoms in total. The second-order valence-electron chi connectivity index (χ2n) is 6.85. The lowest BCUT2D eigenvalue weighted by Crippen LogP contribution is -2.27. The van der Waals surface area contributed by atoms with Gasteiger partial charge in [0.2, 0.25) is 5.91 Å². The maximum absolute atomic E-state index is 13.3. The van der Waals surface area contributed by atoms with E-state index in [1.165, 1.54) is 22.5 Å². The standard InChI is InChI=1S/C22H18ClN5O2S/c1-13-9-10-24-19(11-13)28-21(30)16-5-3-4-6-17(16)26-22(28)31-14(2)20(29)27-18-8-7-15(23)12-25-18/h3-12,14H,1-2H3,(H,25,27,29). The van der Waals surface area contributed by atoms with Crippen LogP contribution in [0, 0.1) is 6.92 Å². The molecule has 0 spiro atoms. The van der Waals surface area contributed by atoms with Crippen LogP contribution in [-0.2, 0) is 4.79 Å². The number of amides is 1. The number of aryl methyl sites for hydroxylation is 1. The van der Waals surface area contributed by atoms with Crippen molar-refractivity contribution in [2.24, 2.45) is 0 Å². The average molecular weight is 452 g/mol. The summed E-state index contributed by atoms with van der Waals surface area (Å²) in [5, 5.41) is 3.54. The highest BCUT2D eigenvalue weighted by molar-refractivity contribution is 8.00. The first-order chi connectivity index (χ1) is 14.9. The van der Waals surface area contributed by atoms with Crippen molar-refractivity contribution in [2.45, 2.75) is 24.3 Å². The van der Waals surface area contributed by atoms with Crippen molar-refractivity contribution in [3.8, 4) is 5.82 Å². The Balaban J connectivity index is 1.72. The fourth-order valence-corrected chi connectivity index (χ4v) is 3.95. The van der Waals surface area contributed by atoms with Crippen LogP contribution in [0.2, 0.25) is 5.02 Å². The first kappa shape index (κ1) is 21.0. The number of rotatable bonds is 5. The molecule has 1 unspecified atom stereocenters. The van der Waals surface area contributed by atoms with E-state index < -0.39 is 5.25 Å². The van der Waals surface area contributed by atoms with Crippen LogP contribution in [0.5, 0.6) is 0 Å². The van der Waals surface area contributed by atoms with Crippen LogP contribution >= 0.6 is 23.4 Å². The lowest BCUT2D eigenvalue weighted by Gasteiger charge is -2.16. The summed E-state index contributed by atoms with van der Waals surface area (Å²) in [5.74, 6) is 0.578. The van der Waals surface area contributed by atoms with Gasteiger partial charge in [0.25, 0.3) is 5.56 Å². The highest BCUT2D eigenvalue weighted by Crippen LogP contribution is 2.25. The van der Waals surface area contributed by atoms with Gasteiger partial charge in [-0.3, -0.25) is 9.59 Å². The molecule has 4 aromatic rings. The lowest BCUT2D eigenvalue weighted by atomic mass is 10.2. The Hall–Kier alpha value is -3.23. The van der Waals surface area contributed by atoms with E-state index in [2.05, 4.69) is 20.3 Å². The molecule has 0 saturated heterocycles. The Morgan fingerprint density at radius 1 is 1.16 bits per heavy atom. The minimum Gasteiger partial charge on any atom is -0.310 e. The van der Waals surface area contributed by atoms with Gasteiger partial charge >= 0.3 is 0 Å². The fourth-order valence-electron chi connectivity index (χ4n) is 2.93. The molecule has 3 aromatic heterocycles. The predicted octanol–water partition coefficient (Wildman–Crippen LogP) is 4.26. The molecule has 0 aliphatic rings. The zero-order valence-electron chi connectivity index (χ0n) is 16.7. The molecule has 0 aliphatic carbocycles. The first-order valence-electron chi connectivity index (χ1n) is 9.46. The fraction of sp³-hybridized carbons (Fsp3) is 0.136. The van der Waals surface area contributed by atoms with E-state index in [-0.39, 0.29) is 11.5 Å². The van der Waals surface area contributed by atoms with E-state index in [1.54, 1.807) is 43.5 Å². The molecule has 3 heterocycles. The van der Waals surface area contributed by atoms with Gasteiger partial charge in [0.15, 0.2) is 5.16 Å². The molecule has 156 valence electrons. The number of carbonyl (C=O) groups excluding carboxylic acids is 1. The van der Waals surface area contributed by atoms with Crippen molar-refractivity contribution < 1.29 is 4.79 Å². The third kappa shape index (κ3) is 4.60. The van der Waals surface area contributed by atoms with E-state index in [0.717, 1.165) is 5.56 Å². The number of hydrogen-bond donors (Lipinski definition) is 1. The molecule has 1 N–H and O–H groups in total. The zero-order chi connectivity index (χ0) is 22.0. The molecule has 9 heteroatoms. The Kier molecular flexibility index (Phi) is 6.01. The van der Waals surface area contributed by atoms with Gasteiger partial charge in [-0.2, -0.15) is 0 Å². The summed E-state index contributed by atoms with van der Waals surface area (Å²) >= 11 is 7.02. The summed E-state index contributed by atoms with van der Waals surface area (Å²) in [6, 6.07) is 14.1. The number of fused-ring (bicyclic) bond motifs is 1. The Morgan fingerprint density at radius 3 is 2.71 bits per heavy atom. The summed E-state index contributed by atoms with van der Waals surface area (Å²) in [6.45, 7) is 3.66. The summed E-state index contributed by atoms with van der Waals surface area (Å²) in [4.78, 5) is 39.1. The minimum atomic E-state index is -0.554. The molecule has 0 saturated carbocycles. The van der Waals surface area contributed by atoms with Crippen molar-refractivity contribution in [3.63, 3.8) is 0 Å². The van der Waals surface area contributed by atoms with Crippen molar-refractivity contribution in [3.05, 3.63) is 81.9 Å². The summed E-state index contributed by atoms with van der Waals surface area (Å²) < 4.78 is 1.45. The largest absolute Gasteiger partial charge is 0.310 e. The molecular formula is C22H18ClN5O2S. The van der Waals surface area contributed by atoms with E-state index in [4.69, 9.17) is 11.6 Å². The normalized spacial score (nSPS) is 12.0. The molecule has 31 heavy (non-hydrogen) atoms. The van der Waals surface area contributed by atoms with Crippen LogP contribution < -0.4 is 10.9 Å². The number of halogens is 1. The van der Waals surface area contributed by atoms with Gasteiger partial charge in [-0.15, -0.1) is 0 Å². The highest BCUT2D eigenvalue weighted by atomic mass is 35.5. The van der Waals surface area contributed by atoms with Crippen LogP contribution in [0.25, 0.3) is 16.7 Å². The number of anilines is 1. The molecule has 1 atom stereocenters. The maximum atomic E-state index is 13.3. The zero-order valence-corrected chi connectivity index (χ0v) is 18.3. The topological polar surface area (TPSA) is 89.8 Å². The second kappa shape index (κ2) is 8.87. The van der Waals surface area contributed by atoms with E-state index in [1.807, 2.05) is 25.1 Å². The molecular weight excluding hydrogens is 434 g/mol. The third-order valence-corrected chi connectivity index (χ3v) is 5.78. The van der Waals surface area contributed by atoms with Crippen LogP contribution in [-0.4, -0.2) is 30.7 Å². The van der Waals surface area contributed by atoms with Crippen molar-refractivity contribution in [2.75, 3.05) is 5.32 Å². The molecule has 4 rings (SSSR count). The Bertz CT molecular complexity index is 1320. The van der Waals surface area contributed by atoms with Crippen LogP contribution in [0.3, 0.4) is 0 Å². The Labute approximate surface area is 187 Å². The first-order valence-corrected chi connectivity index (χ1v) is 10.7. The van der Waals surface area contributed by atoms with Gasteiger partial charge in [-0.25, -0.2) is 19.5 Å². The second-order valence-corrected chi connectivity index (χ2v) is 8.60. The Morgan fingerprint density at radius 2 is 1.97 bits per heavy atom. The van der Waals surface area contributed by atoms with Crippen molar-refractivity contribution in [1.29, 1.82) is 0 Å². The molecule has 0 radical (unpaired) electrons. The molecule has 1 amide bonds. The number of benzene rings is 1. The molecule has 0 fully saturated rings. The number of nitrogens with zero attached hydrogens (tertiary/aromatic N) is 4. The number of pyridine rings is 2. The number of para-hydroxylation sites is 1. The molecule has 0 aliphatic heterocycles. The van der Waals surface area contributed by atoms with Crippen molar-refractivity contribution in [1.82, 2.24) is 19.5 Å². The summed E-state index contributed by atoms with van der Waals surface area (Å²) in [6.07, 6.45) is 3.10. The number of thioether (sulfide) groups is 1. The van der Waals surface area contributed by atoms with Gasteiger partial charge in [-0.05, 0) is 55.8 Å². The quantitative estimate of drug-likeness (QED) is 0.360. The van der Waals surface area contributed by atoms with Crippen LogP contribution in [0.1, 0.15) is 12.5 Å². The van der Waals surface area contributed by atoms with Gasteiger partial charge < -0.3 is 5.32 Å². The lowest BCUT2D eigenvalue weighted by molar-refractivity contribution is -0.115. The van der Waals surface area contributed by atoms with Gasteiger partial charge in [0, 0.05) is 12.4 Å².